The Hall–Kier alpha value is -1.39. The third kappa shape index (κ3) is 2.38. The van der Waals surface area contributed by atoms with Gasteiger partial charge < -0.3 is 0 Å². The van der Waals surface area contributed by atoms with Gasteiger partial charge in [0.15, 0.2) is 0 Å². The third-order valence-corrected chi connectivity index (χ3v) is 3.92. The van der Waals surface area contributed by atoms with Crippen molar-refractivity contribution >= 4 is 48.6 Å². The van der Waals surface area contributed by atoms with Crippen molar-refractivity contribution in [2.75, 3.05) is 0 Å². The summed E-state index contributed by atoms with van der Waals surface area (Å²) >= 11 is 6.91. The molecule has 0 radical (unpaired) electrons. The smallest absolute Gasteiger partial charge is 0.100 e. The summed E-state index contributed by atoms with van der Waals surface area (Å²) in [5.41, 5.74) is 4.27. The van der Waals surface area contributed by atoms with E-state index >= 15 is 0 Å². The van der Waals surface area contributed by atoms with Crippen LogP contribution in [0.25, 0.3) is 16.7 Å². The largest absolute Gasteiger partial charge is 0.298 e. The van der Waals surface area contributed by atoms with E-state index in [2.05, 4.69) is 59.6 Å². The van der Waals surface area contributed by atoms with Gasteiger partial charge in [0.05, 0.1) is 16.7 Å². The summed E-state index contributed by atoms with van der Waals surface area (Å²) in [5.74, 6) is 0. The standard InChI is InChI=1S/C15H10Br2N2/c16-9-15(11-5-7-12(17)8-6-11)19-10-18-13-3-1-2-4-14(13)19/h1-10H. The van der Waals surface area contributed by atoms with Gasteiger partial charge in [-0.1, -0.05) is 56.1 Å². The summed E-state index contributed by atoms with van der Waals surface area (Å²) in [6.45, 7) is 0. The van der Waals surface area contributed by atoms with E-state index in [1.54, 1.807) is 0 Å². The zero-order valence-electron chi connectivity index (χ0n) is 9.92. The van der Waals surface area contributed by atoms with Crippen molar-refractivity contribution in [1.82, 2.24) is 9.55 Å². The Labute approximate surface area is 128 Å². The van der Waals surface area contributed by atoms with E-state index in [9.17, 15) is 0 Å². The van der Waals surface area contributed by atoms with Crippen LogP contribution in [0.1, 0.15) is 5.56 Å². The first-order valence-electron chi connectivity index (χ1n) is 5.78. The maximum absolute atomic E-state index is 4.42. The number of imidazole rings is 1. The molecule has 0 atom stereocenters. The minimum atomic E-state index is 0.992. The topological polar surface area (TPSA) is 17.8 Å². The van der Waals surface area contributed by atoms with Crippen LogP contribution in [0.4, 0.5) is 0 Å². The van der Waals surface area contributed by atoms with Crippen LogP contribution in [0, 0.1) is 0 Å². The molecule has 0 spiro atoms. The minimum absolute atomic E-state index is 0.992. The Morgan fingerprint density at radius 1 is 1.05 bits per heavy atom. The molecular weight excluding hydrogens is 368 g/mol. The average molecular weight is 378 g/mol. The third-order valence-electron chi connectivity index (χ3n) is 2.96. The van der Waals surface area contributed by atoms with Crippen LogP contribution in [-0.2, 0) is 0 Å². The van der Waals surface area contributed by atoms with Crippen molar-refractivity contribution in [2.45, 2.75) is 0 Å². The van der Waals surface area contributed by atoms with Gasteiger partial charge in [0.25, 0.3) is 0 Å². The highest BCUT2D eigenvalue weighted by molar-refractivity contribution is 9.11. The van der Waals surface area contributed by atoms with Crippen LogP contribution in [0.2, 0.25) is 0 Å². The zero-order valence-corrected chi connectivity index (χ0v) is 13.1. The predicted octanol–water partition coefficient (Wildman–Crippen LogP) is 5.04. The zero-order chi connectivity index (χ0) is 13.2. The molecule has 94 valence electrons. The lowest BCUT2D eigenvalue weighted by Crippen LogP contribution is -1.96. The fraction of sp³-hybridized carbons (Fsp3) is 0. The van der Waals surface area contributed by atoms with Crippen LogP contribution < -0.4 is 0 Å². The summed E-state index contributed by atoms with van der Waals surface area (Å²) in [5, 5.41) is 0. The summed E-state index contributed by atoms with van der Waals surface area (Å²) in [6, 6.07) is 16.3. The first-order chi connectivity index (χ1) is 9.29. The molecule has 0 aliphatic carbocycles. The van der Waals surface area contributed by atoms with E-state index in [0.717, 1.165) is 26.8 Å². The fourth-order valence-corrected chi connectivity index (χ4v) is 2.78. The number of fused-ring (bicyclic) bond motifs is 1. The highest BCUT2D eigenvalue weighted by Gasteiger charge is 2.08. The van der Waals surface area contributed by atoms with Crippen LogP contribution in [0.15, 0.2) is 64.3 Å². The average Bonchev–Trinajstić information content (AvgIpc) is 2.86. The van der Waals surface area contributed by atoms with Crippen molar-refractivity contribution in [3.8, 4) is 0 Å². The second-order valence-corrected chi connectivity index (χ2v) is 5.48. The fourth-order valence-electron chi connectivity index (χ4n) is 2.03. The highest BCUT2D eigenvalue weighted by Crippen LogP contribution is 2.25. The van der Waals surface area contributed by atoms with E-state index in [1.165, 1.54) is 0 Å². The van der Waals surface area contributed by atoms with Crippen molar-refractivity contribution in [3.63, 3.8) is 0 Å². The van der Waals surface area contributed by atoms with E-state index in [0.29, 0.717) is 0 Å². The van der Waals surface area contributed by atoms with Gasteiger partial charge in [0.2, 0.25) is 0 Å². The Morgan fingerprint density at radius 2 is 1.79 bits per heavy atom. The molecule has 1 aromatic heterocycles. The van der Waals surface area contributed by atoms with Crippen LogP contribution >= 0.6 is 31.9 Å². The van der Waals surface area contributed by atoms with Crippen molar-refractivity contribution in [1.29, 1.82) is 0 Å². The molecule has 0 aliphatic rings. The van der Waals surface area contributed by atoms with E-state index in [1.807, 2.05) is 41.6 Å². The number of nitrogens with zero attached hydrogens (tertiary/aromatic N) is 2. The molecule has 2 nitrogen and oxygen atoms in total. The normalized spacial score (nSPS) is 12.0. The maximum atomic E-state index is 4.42. The lowest BCUT2D eigenvalue weighted by atomic mass is 10.1. The first-order valence-corrected chi connectivity index (χ1v) is 7.49. The summed E-state index contributed by atoms with van der Waals surface area (Å²) in [7, 11) is 0. The second kappa shape index (κ2) is 5.31. The molecule has 4 heteroatoms. The van der Waals surface area contributed by atoms with Crippen molar-refractivity contribution < 1.29 is 0 Å². The van der Waals surface area contributed by atoms with Crippen molar-refractivity contribution in [2.24, 2.45) is 0 Å². The summed E-state index contributed by atoms with van der Waals surface area (Å²) in [6.07, 6.45) is 1.85. The molecule has 0 bridgehead atoms. The van der Waals surface area contributed by atoms with Gasteiger partial charge in [0, 0.05) is 9.46 Å². The molecule has 3 aromatic rings. The first kappa shape index (κ1) is 12.6. The van der Waals surface area contributed by atoms with Crippen LogP contribution in [-0.4, -0.2) is 9.55 Å². The number of aromatic nitrogens is 2. The molecule has 0 N–H and O–H groups in total. The quantitative estimate of drug-likeness (QED) is 0.611. The van der Waals surface area contributed by atoms with Gasteiger partial charge in [-0.05, 0) is 29.8 Å². The molecule has 0 saturated carbocycles. The Bertz CT molecular complexity index is 742. The van der Waals surface area contributed by atoms with Crippen LogP contribution in [0.5, 0.6) is 0 Å². The molecule has 1 heterocycles. The second-order valence-electron chi connectivity index (χ2n) is 4.10. The molecule has 19 heavy (non-hydrogen) atoms. The highest BCUT2D eigenvalue weighted by atomic mass is 79.9. The molecular formula is C15H10Br2N2. The van der Waals surface area contributed by atoms with E-state index < -0.39 is 0 Å². The summed E-state index contributed by atoms with van der Waals surface area (Å²) in [4.78, 5) is 6.34. The minimum Gasteiger partial charge on any atom is -0.298 e. The van der Waals surface area contributed by atoms with Gasteiger partial charge >= 0.3 is 0 Å². The SMILES string of the molecule is BrC=C(c1ccc(Br)cc1)n1cnc2ccccc21. The summed E-state index contributed by atoms with van der Waals surface area (Å²) < 4.78 is 3.15. The molecule has 0 saturated heterocycles. The van der Waals surface area contributed by atoms with Gasteiger partial charge in [-0.25, -0.2) is 4.98 Å². The number of rotatable bonds is 2. The number of hydrogen-bond acceptors (Lipinski definition) is 1. The molecule has 0 amide bonds. The lowest BCUT2D eigenvalue weighted by molar-refractivity contribution is 1.13. The van der Waals surface area contributed by atoms with Gasteiger partial charge in [-0.3, -0.25) is 4.57 Å². The van der Waals surface area contributed by atoms with Crippen molar-refractivity contribution in [3.05, 3.63) is 69.9 Å². The van der Waals surface area contributed by atoms with Gasteiger partial charge in [-0.2, -0.15) is 0 Å². The van der Waals surface area contributed by atoms with Crippen LogP contribution in [0.3, 0.4) is 0 Å². The molecule has 0 unspecified atom stereocenters. The molecule has 0 aliphatic heterocycles. The molecule has 3 rings (SSSR count). The number of halogens is 2. The maximum Gasteiger partial charge on any atom is 0.100 e. The molecule has 0 fully saturated rings. The lowest BCUT2D eigenvalue weighted by Gasteiger charge is -2.09. The number of hydrogen-bond donors (Lipinski definition) is 0. The van der Waals surface area contributed by atoms with Gasteiger partial charge in [-0.15, -0.1) is 0 Å². The Morgan fingerprint density at radius 3 is 2.53 bits per heavy atom. The monoisotopic (exact) mass is 376 g/mol. The number of benzene rings is 2. The Balaban J connectivity index is 2.15. The Kier molecular flexibility index (Phi) is 3.53. The number of para-hydroxylation sites is 2. The van der Waals surface area contributed by atoms with Gasteiger partial charge in [0.1, 0.15) is 6.33 Å². The predicted molar refractivity (Wildman–Crippen MR) is 86.2 cm³/mol. The van der Waals surface area contributed by atoms with E-state index in [4.69, 9.17) is 0 Å². The van der Waals surface area contributed by atoms with E-state index in [-0.39, 0.29) is 0 Å². The molecule has 2 aromatic carbocycles.